The van der Waals surface area contributed by atoms with Gasteiger partial charge in [-0.15, -0.1) is 0 Å². The van der Waals surface area contributed by atoms with E-state index in [1.807, 2.05) is 0 Å². The number of hydrogen-bond donors (Lipinski definition) is 1. The number of oxime groups is 1. The van der Waals surface area contributed by atoms with Gasteiger partial charge in [0.05, 0.1) is 12.7 Å². The molecule has 2 rings (SSSR count). The molecule has 6 heteroatoms. The molecule has 0 fully saturated rings. The molecule has 0 amide bonds. The summed E-state index contributed by atoms with van der Waals surface area (Å²) in [5.74, 6) is 0.628. The van der Waals surface area contributed by atoms with Crippen LogP contribution in [0.2, 0.25) is 0 Å². The van der Waals surface area contributed by atoms with Crippen molar-refractivity contribution in [2.75, 3.05) is 7.11 Å². The van der Waals surface area contributed by atoms with Crippen LogP contribution in [0.25, 0.3) is 0 Å². The van der Waals surface area contributed by atoms with Crippen LogP contribution in [0.5, 0.6) is 5.75 Å². The van der Waals surface area contributed by atoms with Crippen molar-refractivity contribution in [1.29, 1.82) is 0 Å². The maximum atomic E-state index is 12.5. The van der Waals surface area contributed by atoms with E-state index in [-0.39, 0.29) is 5.71 Å². The van der Waals surface area contributed by atoms with Crippen LogP contribution in [0.4, 0.5) is 13.2 Å². The molecule has 2 aromatic carbocycles. The molecule has 0 saturated carbocycles. The second-order valence-corrected chi connectivity index (χ2v) is 4.25. The van der Waals surface area contributed by atoms with E-state index < -0.39 is 11.7 Å². The molecule has 0 radical (unpaired) electrons. The number of hydrogen-bond acceptors (Lipinski definition) is 3. The minimum absolute atomic E-state index is 0.186. The Morgan fingerprint density at radius 1 is 0.952 bits per heavy atom. The lowest BCUT2D eigenvalue weighted by atomic mass is 10.0. The molecule has 0 saturated heterocycles. The van der Waals surface area contributed by atoms with Gasteiger partial charge < -0.3 is 9.94 Å². The molecule has 0 spiro atoms. The first-order valence-electron chi connectivity index (χ1n) is 6.00. The summed E-state index contributed by atoms with van der Waals surface area (Å²) in [5.41, 5.74) is 0.387. The molecular formula is C15H12F3NO2. The molecule has 0 unspecified atom stereocenters. The average molecular weight is 295 g/mol. The van der Waals surface area contributed by atoms with Crippen molar-refractivity contribution in [1.82, 2.24) is 0 Å². The molecule has 0 bridgehead atoms. The molecule has 21 heavy (non-hydrogen) atoms. The highest BCUT2D eigenvalue weighted by molar-refractivity contribution is 6.12. The van der Waals surface area contributed by atoms with E-state index in [0.717, 1.165) is 12.1 Å². The van der Waals surface area contributed by atoms with Crippen LogP contribution in [-0.4, -0.2) is 18.0 Å². The lowest BCUT2D eigenvalue weighted by Gasteiger charge is -2.09. The Balaban J connectivity index is 2.33. The Morgan fingerprint density at radius 3 is 1.81 bits per heavy atom. The van der Waals surface area contributed by atoms with E-state index in [1.54, 1.807) is 24.3 Å². The molecule has 3 nitrogen and oxygen atoms in total. The Hall–Kier alpha value is -2.50. The summed E-state index contributed by atoms with van der Waals surface area (Å²) in [6.45, 7) is 0. The normalized spacial score (nSPS) is 12.3. The lowest BCUT2D eigenvalue weighted by Crippen LogP contribution is -2.07. The molecule has 110 valence electrons. The first kappa shape index (κ1) is 14.9. The third-order valence-corrected chi connectivity index (χ3v) is 2.95. The van der Waals surface area contributed by atoms with E-state index in [2.05, 4.69) is 5.16 Å². The van der Waals surface area contributed by atoms with Gasteiger partial charge in [-0.05, 0) is 36.4 Å². The predicted octanol–water partition coefficient (Wildman–Crippen LogP) is 3.94. The minimum Gasteiger partial charge on any atom is -0.497 e. The summed E-state index contributed by atoms with van der Waals surface area (Å²) in [6, 6.07) is 11.1. The van der Waals surface area contributed by atoms with Gasteiger partial charge in [-0.3, -0.25) is 0 Å². The van der Waals surface area contributed by atoms with Gasteiger partial charge in [0.2, 0.25) is 0 Å². The van der Waals surface area contributed by atoms with Crippen molar-refractivity contribution < 1.29 is 23.1 Å². The van der Waals surface area contributed by atoms with E-state index >= 15 is 0 Å². The summed E-state index contributed by atoms with van der Waals surface area (Å²) in [6.07, 6.45) is -4.39. The Bertz CT molecular complexity index is 631. The van der Waals surface area contributed by atoms with Crippen LogP contribution >= 0.6 is 0 Å². The van der Waals surface area contributed by atoms with E-state index in [0.29, 0.717) is 16.9 Å². The van der Waals surface area contributed by atoms with Crippen LogP contribution < -0.4 is 4.74 Å². The van der Waals surface area contributed by atoms with Gasteiger partial charge in [0.15, 0.2) is 0 Å². The van der Waals surface area contributed by atoms with Gasteiger partial charge in [-0.2, -0.15) is 13.2 Å². The highest BCUT2D eigenvalue weighted by Gasteiger charge is 2.30. The molecule has 0 aliphatic carbocycles. The van der Waals surface area contributed by atoms with Crippen molar-refractivity contribution >= 4 is 5.71 Å². The molecule has 0 aliphatic heterocycles. The second kappa shape index (κ2) is 5.87. The van der Waals surface area contributed by atoms with Crippen molar-refractivity contribution in [2.45, 2.75) is 6.18 Å². The van der Waals surface area contributed by atoms with Crippen molar-refractivity contribution in [3.05, 3.63) is 65.2 Å². The quantitative estimate of drug-likeness (QED) is 0.529. The Morgan fingerprint density at radius 2 is 1.43 bits per heavy atom. The highest BCUT2D eigenvalue weighted by atomic mass is 19.4. The smallest absolute Gasteiger partial charge is 0.416 e. The third kappa shape index (κ3) is 3.34. The number of halogens is 3. The SMILES string of the molecule is COc1ccc(/C(=N/O)c2ccc(C(F)(F)F)cc2)cc1. The maximum Gasteiger partial charge on any atom is 0.416 e. The number of alkyl halides is 3. The van der Waals surface area contributed by atoms with Crippen molar-refractivity contribution in [3.63, 3.8) is 0 Å². The molecule has 0 aromatic heterocycles. The minimum atomic E-state index is -4.39. The first-order valence-corrected chi connectivity index (χ1v) is 6.00. The van der Waals surface area contributed by atoms with E-state index in [4.69, 9.17) is 9.94 Å². The first-order chi connectivity index (χ1) is 9.95. The Labute approximate surface area is 119 Å². The topological polar surface area (TPSA) is 41.8 Å². The number of methoxy groups -OCH3 is 1. The average Bonchev–Trinajstić information content (AvgIpc) is 2.48. The molecule has 0 atom stereocenters. The van der Waals surface area contributed by atoms with Gasteiger partial charge in [-0.1, -0.05) is 17.3 Å². The fourth-order valence-corrected chi connectivity index (χ4v) is 1.85. The zero-order valence-electron chi connectivity index (χ0n) is 11.1. The second-order valence-electron chi connectivity index (χ2n) is 4.25. The number of rotatable bonds is 3. The summed E-state index contributed by atoms with van der Waals surface area (Å²) in [4.78, 5) is 0. The maximum absolute atomic E-state index is 12.5. The van der Waals surface area contributed by atoms with Gasteiger partial charge in [0.1, 0.15) is 11.5 Å². The summed E-state index contributed by atoms with van der Waals surface area (Å²) in [7, 11) is 1.52. The summed E-state index contributed by atoms with van der Waals surface area (Å²) >= 11 is 0. The fraction of sp³-hybridized carbons (Fsp3) is 0.133. The third-order valence-electron chi connectivity index (χ3n) is 2.95. The lowest BCUT2D eigenvalue weighted by molar-refractivity contribution is -0.137. The van der Waals surface area contributed by atoms with Gasteiger partial charge in [0, 0.05) is 11.1 Å². The number of nitrogens with zero attached hydrogens (tertiary/aromatic N) is 1. The monoisotopic (exact) mass is 295 g/mol. The molecule has 0 heterocycles. The van der Waals surface area contributed by atoms with Crippen LogP contribution in [0.1, 0.15) is 16.7 Å². The van der Waals surface area contributed by atoms with Crippen molar-refractivity contribution in [3.8, 4) is 5.75 Å². The van der Waals surface area contributed by atoms with E-state index in [1.165, 1.54) is 19.2 Å². The molecule has 2 aromatic rings. The van der Waals surface area contributed by atoms with Gasteiger partial charge in [-0.25, -0.2) is 0 Å². The van der Waals surface area contributed by atoms with Gasteiger partial charge >= 0.3 is 6.18 Å². The van der Waals surface area contributed by atoms with Crippen LogP contribution in [-0.2, 0) is 6.18 Å². The highest BCUT2D eigenvalue weighted by Crippen LogP contribution is 2.29. The van der Waals surface area contributed by atoms with E-state index in [9.17, 15) is 13.2 Å². The van der Waals surface area contributed by atoms with Gasteiger partial charge in [0.25, 0.3) is 0 Å². The predicted molar refractivity (Wildman–Crippen MR) is 71.9 cm³/mol. The molecule has 1 N–H and O–H groups in total. The summed E-state index contributed by atoms with van der Waals surface area (Å²) in [5, 5.41) is 12.3. The van der Waals surface area contributed by atoms with Crippen LogP contribution in [0.15, 0.2) is 53.7 Å². The zero-order chi connectivity index (χ0) is 15.5. The largest absolute Gasteiger partial charge is 0.497 e. The molecule has 0 aliphatic rings. The zero-order valence-corrected chi connectivity index (χ0v) is 11.1. The summed E-state index contributed by atoms with van der Waals surface area (Å²) < 4.78 is 42.6. The number of ether oxygens (including phenoxy) is 1. The number of benzene rings is 2. The van der Waals surface area contributed by atoms with Crippen LogP contribution in [0.3, 0.4) is 0 Å². The fourth-order valence-electron chi connectivity index (χ4n) is 1.85. The molecular weight excluding hydrogens is 283 g/mol. The van der Waals surface area contributed by atoms with Crippen LogP contribution in [0, 0.1) is 0 Å². The standard InChI is InChI=1S/C15H12F3NO2/c1-21-13-8-4-11(5-9-13)14(19-20)10-2-6-12(7-3-10)15(16,17)18/h2-9,20H,1H3/b19-14+. The van der Waals surface area contributed by atoms with Crippen molar-refractivity contribution in [2.24, 2.45) is 5.16 Å². The Kier molecular flexibility index (Phi) is 4.16.